The molecule has 1 aromatic carbocycles. The number of morpholine rings is 1. The molecule has 7 heteroatoms. The number of rotatable bonds is 8. The zero-order valence-electron chi connectivity index (χ0n) is 15.3. The number of hydrogen-bond donors (Lipinski definition) is 2. The third kappa shape index (κ3) is 4.34. The number of methoxy groups -OCH3 is 1. The molecule has 142 valence electrons. The van der Waals surface area contributed by atoms with E-state index in [2.05, 4.69) is 15.5 Å². The second kappa shape index (κ2) is 8.51. The van der Waals surface area contributed by atoms with Crippen molar-refractivity contribution in [3.05, 3.63) is 29.8 Å². The third-order valence-corrected chi connectivity index (χ3v) is 5.07. The lowest BCUT2D eigenvalue weighted by atomic mass is 10.0. The van der Waals surface area contributed by atoms with Gasteiger partial charge in [0.2, 0.25) is 11.8 Å². The Balaban J connectivity index is 1.46. The van der Waals surface area contributed by atoms with E-state index < -0.39 is 5.41 Å². The predicted molar refractivity (Wildman–Crippen MR) is 96.8 cm³/mol. The molecule has 2 fully saturated rings. The standard InChI is InChI=1S/C19H27N3O4/c1-25-16-5-3-2-4-15(16)14-21-18(24)19(6-7-19)17(23)20-8-9-22-10-12-26-13-11-22/h2-5H,6-14H2,1H3,(H,20,23)(H,21,24). The van der Waals surface area contributed by atoms with Crippen LogP contribution in [-0.2, 0) is 20.9 Å². The highest BCUT2D eigenvalue weighted by Crippen LogP contribution is 2.46. The Morgan fingerprint density at radius 2 is 1.85 bits per heavy atom. The number of nitrogens with one attached hydrogen (secondary N) is 2. The molecule has 1 aliphatic heterocycles. The van der Waals surface area contributed by atoms with E-state index in [4.69, 9.17) is 9.47 Å². The molecule has 0 atom stereocenters. The Labute approximate surface area is 154 Å². The summed E-state index contributed by atoms with van der Waals surface area (Å²) >= 11 is 0. The molecule has 2 N–H and O–H groups in total. The fourth-order valence-electron chi connectivity index (χ4n) is 3.20. The molecule has 7 nitrogen and oxygen atoms in total. The maximum Gasteiger partial charge on any atom is 0.235 e. The van der Waals surface area contributed by atoms with Crippen molar-refractivity contribution >= 4 is 11.8 Å². The summed E-state index contributed by atoms with van der Waals surface area (Å²) in [5.41, 5.74) is -0.000554. The monoisotopic (exact) mass is 361 g/mol. The molecule has 2 aliphatic rings. The lowest BCUT2D eigenvalue weighted by Gasteiger charge is -2.26. The van der Waals surface area contributed by atoms with Crippen molar-refractivity contribution in [1.29, 1.82) is 0 Å². The molecule has 3 rings (SSSR count). The summed E-state index contributed by atoms with van der Waals surface area (Å²) in [7, 11) is 1.60. The van der Waals surface area contributed by atoms with Crippen molar-refractivity contribution in [1.82, 2.24) is 15.5 Å². The largest absolute Gasteiger partial charge is 0.496 e. The first-order valence-corrected chi connectivity index (χ1v) is 9.14. The predicted octanol–water partition coefficient (Wildman–Crippen LogP) is 0.540. The van der Waals surface area contributed by atoms with Crippen molar-refractivity contribution in [2.75, 3.05) is 46.5 Å². The number of nitrogens with zero attached hydrogens (tertiary/aromatic N) is 1. The van der Waals surface area contributed by atoms with E-state index in [1.54, 1.807) is 7.11 Å². The van der Waals surface area contributed by atoms with Gasteiger partial charge in [-0.1, -0.05) is 18.2 Å². The fourth-order valence-corrected chi connectivity index (χ4v) is 3.20. The molecular formula is C19H27N3O4. The van der Waals surface area contributed by atoms with E-state index in [0.717, 1.165) is 44.2 Å². The average Bonchev–Trinajstić information content (AvgIpc) is 3.49. The van der Waals surface area contributed by atoms with Gasteiger partial charge in [-0.25, -0.2) is 0 Å². The SMILES string of the molecule is COc1ccccc1CNC(=O)C1(C(=O)NCCN2CCOCC2)CC1. The number of benzene rings is 1. The maximum atomic E-state index is 12.6. The zero-order valence-corrected chi connectivity index (χ0v) is 15.3. The topological polar surface area (TPSA) is 79.9 Å². The van der Waals surface area contributed by atoms with Crippen molar-refractivity contribution in [2.45, 2.75) is 19.4 Å². The third-order valence-electron chi connectivity index (χ3n) is 5.07. The Hall–Kier alpha value is -2.12. The van der Waals surface area contributed by atoms with Gasteiger partial charge >= 0.3 is 0 Å². The van der Waals surface area contributed by atoms with Crippen molar-refractivity contribution in [3.63, 3.8) is 0 Å². The molecule has 0 bridgehead atoms. The number of amides is 2. The van der Waals surface area contributed by atoms with E-state index in [1.807, 2.05) is 24.3 Å². The molecule has 0 unspecified atom stereocenters. The highest BCUT2D eigenvalue weighted by atomic mass is 16.5. The highest BCUT2D eigenvalue weighted by Gasteiger charge is 2.56. The van der Waals surface area contributed by atoms with Crippen LogP contribution in [0.15, 0.2) is 24.3 Å². The molecule has 0 radical (unpaired) electrons. The Morgan fingerprint density at radius 1 is 1.15 bits per heavy atom. The van der Waals surface area contributed by atoms with Gasteiger partial charge in [0.25, 0.3) is 0 Å². The molecule has 1 aromatic rings. The summed E-state index contributed by atoms with van der Waals surface area (Å²) in [6.07, 6.45) is 1.21. The van der Waals surface area contributed by atoms with Crippen LogP contribution in [0.2, 0.25) is 0 Å². The Kier molecular flexibility index (Phi) is 6.11. The van der Waals surface area contributed by atoms with Crippen LogP contribution in [0.4, 0.5) is 0 Å². The van der Waals surface area contributed by atoms with Gasteiger partial charge in [-0.15, -0.1) is 0 Å². The molecule has 26 heavy (non-hydrogen) atoms. The minimum atomic E-state index is -0.896. The number of carbonyl (C=O) groups excluding carboxylic acids is 2. The van der Waals surface area contributed by atoms with Crippen LogP contribution in [0, 0.1) is 5.41 Å². The average molecular weight is 361 g/mol. The minimum Gasteiger partial charge on any atom is -0.496 e. The molecule has 1 heterocycles. The summed E-state index contributed by atoms with van der Waals surface area (Å²) < 4.78 is 10.6. The number of hydrogen-bond acceptors (Lipinski definition) is 5. The van der Waals surface area contributed by atoms with Crippen LogP contribution in [0.3, 0.4) is 0 Å². The first kappa shape index (κ1) is 18.7. The Bertz CT molecular complexity index is 639. The lowest BCUT2D eigenvalue weighted by molar-refractivity contribution is -0.137. The van der Waals surface area contributed by atoms with Crippen molar-refractivity contribution < 1.29 is 19.1 Å². The van der Waals surface area contributed by atoms with Gasteiger partial charge in [0.05, 0.1) is 20.3 Å². The van der Waals surface area contributed by atoms with Crippen LogP contribution in [0.25, 0.3) is 0 Å². The lowest BCUT2D eigenvalue weighted by Crippen LogP contribution is -2.46. The highest BCUT2D eigenvalue weighted by molar-refractivity contribution is 6.07. The number of ether oxygens (including phenoxy) is 2. The van der Waals surface area contributed by atoms with Gasteiger partial charge in [-0.05, 0) is 18.9 Å². The summed E-state index contributed by atoms with van der Waals surface area (Å²) in [6, 6.07) is 7.54. The first-order chi connectivity index (χ1) is 12.7. The van der Waals surface area contributed by atoms with Crippen LogP contribution < -0.4 is 15.4 Å². The quantitative estimate of drug-likeness (QED) is 0.661. The molecule has 1 saturated heterocycles. The second-order valence-corrected chi connectivity index (χ2v) is 6.79. The zero-order chi connectivity index (χ0) is 18.4. The molecule has 2 amide bonds. The van der Waals surface area contributed by atoms with Gasteiger partial charge in [-0.2, -0.15) is 0 Å². The fraction of sp³-hybridized carbons (Fsp3) is 0.579. The van der Waals surface area contributed by atoms with Gasteiger partial charge in [0.15, 0.2) is 0 Å². The summed E-state index contributed by atoms with van der Waals surface area (Å²) in [5.74, 6) is 0.364. The first-order valence-electron chi connectivity index (χ1n) is 9.14. The van der Waals surface area contributed by atoms with Crippen molar-refractivity contribution in [3.8, 4) is 5.75 Å². The van der Waals surface area contributed by atoms with Crippen LogP contribution in [0.1, 0.15) is 18.4 Å². The molecule has 0 aromatic heterocycles. The Morgan fingerprint density at radius 3 is 2.54 bits per heavy atom. The smallest absolute Gasteiger partial charge is 0.235 e. The van der Waals surface area contributed by atoms with Crippen LogP contribution in [-0.4, -0.2) is 63.2 Å². The minimum absolute atomic E-state index is 0.164. The number of carbonyl (C=O) groups is 2. The van der Waals surface area contributed by atoms with Crippen molar-refractivity contribution in [2.24, 2.45) is 5.41 Å². The molecule has 1 saturated carbocycles. The van der Waals surface area contributed by atoms with E-state index in [9.17, 15) is 9.59 Å². The van der Waals surface area contributed by atoms with Gasteiger partial charge in [0.1, 0.15) is 11.2 Å². The van der Waals surface area contributed by atoms with Crippen LogP contribution >= 0.6 is 0 Å². The summed E-state index contributed by atoms with van der Waals surface area (Å²) in [4.78, 5) is 27.3. The van der Waals surface area contributed by atoms with Gasteiger partial charge in [0, 0.05) is 38.3 Å². The number of para-hydroxylation sites is 1. The maximum absolute atomic E-state index is 12.6. The summed E-state index contributed by atoms with van der Waals surface area (Å²) in [6.45, 7) is 4.95. The van der Waals surface area contributed by atoms with E-state index >= 15 is 0 Å². The summed E-state index contributed by atoms with van der Waals surface area (Å²) in [5, 5.41) is 5.82. The molecule has 0 spiro atoms. The van der Waals surface area contributed by atoms with E-state index in [0.29, 0.717) is 25.9 Å². The molecular weight excluding hydrogens is 334 g/mol. The normalized spacial score (nSPS) is 18.8. The second-order valence-electron chi connectivity index (χ2n) is 6.79. The van der Waals surface area contributed by atoms with E-state index in [-0.39, 0.29) is 11.8 Å². The van der Waals surface area contributed by atoms with Gasteiger partial charge < -0.3 is 20.1 Å². The van der Waals surface area contributed by atoms with E-state index in [1.165, 1.54) is 0 Å². The van der Waals surface area contributed by atoms with Gasteiger partial charge in [-0.3, -0.25) is 14.5 Å². The molecule has 1 aliphatic carbocycles. The van der Waals surface area contributed by atoms with Crippen LogP contribution in [0.5, 0.6) is 5.75 Å².